The molecule has 1 atom stereocenters. The quantitative estimate of drug-likeness (QED) is 0.398. The number of aliphatic hydroxyl groups is 1. The summed E-state index contributed by atoms with van der Waals surface area (Å²) in [5, 5.41) is 15.5. The molecule has 0 saturated heterocycles. The van der Waals surface area contributed by atoms with E-state index in [4.69, 9.17) is 12.2 Å². The fourth-order valence-electron chi connectivity index (χ4n) is 3.46. The molecule has 0 spiro atoms. The molecule has 150 valence electrons. The van der Waals surface area contributed by atoms with Gasteiger partial charge in [0.1, 0.15) is 11.4 Å². The highest BCUT2D eigenvalue weighted by Gasteiger charge is 2.37. The van der Waals surface area contributed by atoms with Crippen molar-refractivity contribution in [3.05, 3.63) is 76.9 Å². The van der Waals surface area contributed by atoms with Gasteiger partial charge in [-0.1, -0.05) is 48.6 Å². The van der Waals surface area contributed by atoms with Gasteiger partial charge in [-0.05, 0) is 29.7 Å². The number of carbonyl (C=O) groups is 2. The Balaban J connectivity index is 2.12. The number of aliphatic hydroxyl groups excluding tert-OH is 1. The lowest BCUT2D eigenvalue weighted by Gasteiger charge is -2.37. The molecule has 1 aliphatic heterocycles. The number of amides is 2. The number of halogens is 1. The van der Waals surface area contributed by atoms with Gasteiger partial charge in [-0.15, -0.1) is 0 Å². The smallest absolute Gasteiger partial charge is 0.259 e. The van der Waals surface area contributed by atoms with Gasteiger partial charge < -0.3 is 20.6 Å². The summed E-state index contributed by atoms with van der Waals surface area (Å²) in [6.45, 7) is 1.77. The number of carbonyl (C=O) groups excluding carboxylic acids is 2. The number of fused-ring (bicyclic) bond motifs is 1. The van der Waals surface area contributed by atoms with E-state index in [0.717, 1.165) is 11.1 Å². The molecule has 3 rings (SSSR count). The Labute approximate surface area is 173 Å². The second-order valence-corrected chi connectivity index (χ2v) is 6.76. The highest BCUT2D eigenvalue weighted by molar-refractivity contribution is 7.78. The fraction of sp³-hybridized carbons (Fsp3) is 0.190. The van der Waals surface area contributed by atoms with Gasteiger partial charge >= 0.3 is 0 Å². The van der Waals surface area contributed by atoms with E-state index in [0.29, 0.717) is 18.5 Å². The number of hydrogen-bond donors (Lipinski definition) is 3. The molecule has 1 aliphatic rings. The number of rotatable bonds is 5. The van der Waals surface area contributed by atoms with E-state index in [1.54, 1.807) is 18.2 Å². The molecule has 1 heterocycles. The third-order valence-corrected chi connectivity index (χ3v) is 4.90. The van der Waals surface area contributed by atoms with Gasteiger partial charge in [0.25, 0.3) is 5.91 Å². The number of anilines is 1. The van der Waals surface area contributed by atoms with Crippen LogP contribution in [0.4, 0.5) is 10.1 Å². The first kappa shape index (κ1) is 20.5. The Morgan fingerprint density at radius 2 is 1.90 bits per heavy atom. The van der Waals surface area contributed by atoms with Crippen molar-refractivity contribution in [3.63, 3.8) is 0 Å². The molecule has 0 bridgehead atoms. The minimum atomic E-state index is -0.855. The van der Waals surface area contributed by atoms with Crippen LogP contribution in [0.5, 0.6) is 0 Å². The molecule has 3 N–H and O–H groups in total. The lowest BCUT2D eigenvalue weighted by Crippen LogP contribution is -2.43. The average Bonchev–Trinajstić information content (AvgIpc) is 2.70. The maximum Gasteiger partial charge on any atom is 0.259 e. The lowest BCUT2D eigenvalue weighted by molar-refractivity contribution is -0.131. The highest BCUT2D eigenvalue weighted by Crippen LogP contribution is 2.36. The molecule has 2 amide bonds. The van der Waals surface area contributed by atoms with Crippen molar-refractivity contribution in [2.45, 2.75) is 19.4 Å². The Morgan fingerprint density at radius 3 is 2.59 bits per heavy atom. The molecular formula is C21H20FN3O3S. The van der Waals surface area contributed by atoms with Crippen LogP contribution in [0.2, 0.25) is 0 Å². The summed E-state index contributed by atoms with van der Waals surface area (Å²) >= 11 is 4.74. The zero-order chi connectivity index (χ0) is 21.0. The van der Waals surface area contributed by atoms with Crippen LogP contribution in [0, 0.1) is 5.82 Å². The van der Waals surface area contributed by atoms with E-state index in [1.807, 2.05) is 12.1 Å². The predicted octanol–water partition coefficient (Wildman–Crippen LogP) is 3.23. The second kappa shape index (κ2) is 8.83. The minimum absolute atomic E-state index is 0.0383. The van der Waals surface area contributed by atoms with Crippen molar-refractivity contribution in [3.8, 4) is 0 Å². The van der Waals surface area contributed by atoms with Crippen LogP contribution in [0.15, 0.2) is 60.0 Å². The van der Waals surface area contributed by atoms with Crippen LogP contribution in [0.3, 0.4) is 0 Å². The summed E-state index contributed by atoms with van der Waals surface area (Å²) in [6, 6.07) is 12.2. The van der Waals surface area contributed by atoms with E-state index < -0.39 is 23.6 Å². The van der Waals surface area contributed by atoms with Crippen LogP contribution < -0.4 is 10.6 Å². The van der Waals surface area contributed by atoms with Gasteiger partial charge in [0, 0.05) is 13.5 Å². The van der Waals surface area contributed by atoms with E-state index in [9.17, 15) is 19.1 Å². The predicted molar refractivity (Wildman–Crippen MR) is 112 cm³/mol. The molecule has 0 aromatic heterocycles. The summed E-state index contributed by atoms with van der Waals surface area (Å²) in [5.74, 6) is -2.11. The van der Waals surface area contributed by atoms with Gasteiger partial charge in [-0.3, -0.25) is 9.59 Å². The van der Waals surface area contributed by atoms with Crippen molar-refractivity contribution >= 4 is 35.2 Å². The zero-order valence-electron chi connectivity index (χ0n) is 15.7. The molecule has 29 heavy (non-hydrogen) atoms. The molecule has 2 aromatic rings. The largest absolute Gasteiger partial charge is 0.494 e. The van der Waals surface area contributed by atoms with Gasteiger partial charge in [0.05, 0.1) is 17.2 Å². The number of hydrogen-bond acceptors (Lipinski definition) is 4. The molecule has 0 fully saturated rings. The molecule has 1 unspecified atom stereocenters. The Hall–Kier alpha value is -3.26. The lowest BCUT2D eigenvalue weighted by atomic mass is 9.87. The number of para-hydroxylation sites is 1. The van der Waals surface area contributed by atoms with Crippen molar-refractivity contribution in [2.24, 2.45) is 0 Å². The molecule has 0 radical (unpaired) electrons. The first-order valence-electron chi connectivity index (χ1n) is 8.98. The fourth-order valence-corrected chi connectivity index (χ4v) is 3.58. The van der Waals surface area contributed by atoms with Crippen LogP contribution in [0.1, 0.15) is 24.1 Å². The first-order valence-corrected chi connectivity index (χ1v) is 9.45. The first-order chi connectivity index (χ1) is 13.9. The zero-order valence-corrected chi connectivity index (χ0v) is 16.5. The van der Waals surface area contributed by atoms with Crippen LogP contribution >= 0.6 is 12.2 Å². The molecule has 8 heteroatoms. The topological polar surface area (TPSA) is 81.7 Å². The number of nitrogens with one attached hydrogen (secondary N) is 2. The van der Waals surface area contributed by atoms with Crippen molar-refractivity contribution in [2.75, 3.05) is 11.9 Å². The van der Waals surface area contributed by atoms with Gasteiger partial charge in [-0.25, -0.2) is 4.39 Å². The molecule has 0 aliphatic carbocycles. The Kier molecular flexibility index (Phi) is 6.23. The van der Waals surface area contributed by atoms with E-state index in [2.05, 4.69) is 10.6 Å². The normalized spacial score (nSPS) is 16.3. The van der Waals surface area contributed by atoms with Crippen molar-refractivity contribution in [1.29, 1.82) is 0 Å². The standard InChI is InChI=1S/C21H20FN3O3S/c1-13(26)25-11-10-14-6-2-3-7-15(14)19(25)18(20(27)23-12-29)21(28)24-17-9-5-4-8-16(17)22/h2-9,12,19,27H,10-11H2,1H3,(H,23,29)(H,24,28)/b20-18+. The minimum Gasteiger partial charge on any atom is -0.494 e. The second-order valence-electron chi connectivity index (χ2n) is 6.52. The summed E-state index contributed by atoms with van der Waals surface area (Å²) < 4.78 is 14.1. The summed E-state index contributed by atoms with van der Waals surface area (Å²) in [6.07, 6.45) is 0.621. The van der Waals surface area contributed by atoms with Gasteiger partial charge in [-0.2, -0.15) is 0 Å². The third kappa shape index (κ3) is 4.27. The summed E-state index contributed by atoms with van der Waals surface area (Å²) in [4.78, 5) is 27.0. The van der Waals surface area contributed by atoms with Crippen molar-refractivity contribution < 1.29 is 19.1 Å². The molecule has 6 nitrogen and oxygen atoms in total. The van der Waals surface area contributed by atoms with Gasteiger partial charge in [0.15, 0.2) is 5.88 Å². The summed E-state index contributed by atoms with van der Waals surface area (Å²) in [5.41, 5.74) is 2.56. The van der Waals surface area contributed by atoms with Gasteiger partial charge in [0.2, 0.25) is 5.91 Å². The van der Waals surface area contributed by atoms with Crippen LogP contribution in [-0.2, 0) is 16.0 Å². The number of thiocarbonyl (C=S) groups is 1. The Morgan fingerprint density at radius 1 is 1.21 bits per heavy atom. The number of benzene rings is 2. The van der Waals surface area contributed by atoms with Crippen LogP contribution in [-0.4, -0.2) is 33.9 Å². The maximum atomic E-state index is 14.1. The Bertz CT molecular complexity index is 993. The van der Waals surface area contributed by atoms with E-state index >= 15 is 0 Å². The maximum absolute atomic E-state index is 14.1. The molecule has 0 saturated carbocycles. The van der Waals surface area contributed by atoms with Crippen molar-refractivity contribution in [1.82, 2.24) is 10.2 Å². The highest BCUT2D eigenvalue weighted by atomic mass is 32.1. The number of nitrogens with zero attached hydrogens (tertiary/aromatic N) is 1. The van der Waals surface area contributed by atoms with Crippen LogP contribution in [0.25, 0.3) is 0 Å². The third-order valence-electron chi connectivity index (χ3n) is 4.78. The average molecular weight is 413 g/mol. The van der Waals surface area contributed by atoms with E-state index in [1.165, 1.54) is 30.0 Å². The summed E-state index contributed by atoms with van der Waals surface area (Å²) in [7, 11) is 0. The SMILES string of the molecule is CC(=O)N1CCc2ccccc2C1/C(C(=O)Nc1ccccc1F)=C(\O)NC=S. The van der Waals surface area contributed by atoms with E-state index in [-0.39, 0.29) is 17.2 Å². The molecule has 2 aromatic carbocycles. The monoisotopic (exact) mass is 413 g/mol. The molecular weight excluding hydrogens is 393 g/mol.